The highest BCUT2D eigenvalue weighted by Gasteiger charge is 2.22. The summed E-state index contributed by atoms with van der Waals surface area (Å²) in [4.78, 5) is 0. The number of piperidine rings is 1. The van der Waals surface area contributed by atoms with Gasteiger partial charge in [0, 0.05) is 6.04 Å². The molecule has 0 bridgehead atoms. The zero-order valence-corrected chi connectivity index (χ0v) is 13.0. The molecular formula is C15H24N2O2S. The molecule has 1 heterocycles. The summed E-state index contributed by atoms with van der Waals surface area (Å²) in [6.07, 6.45) is 2.06. The first-order chi connectivity index (χ1) is 9.46. The summed E-state index contributed by atoms with van der Waals surface area (Å²) >= 11 is 0. The van der Waals surface area contributed by atoms with Crippen molar-refractivity contribution in [3.05, 3.63) is 35.4 Å². The van der Waals surface area contributed by atoms with Crippen molar-refractivity contribution in [2.45, 2.75) is 32.7 Å². The number of aryl methyl sites for hydroxylation is 1. The van der Waals surface area contributed by atoms with Crippen molar-refractivity contribution in [1.29, 1.82) is 0 Å². The number of benzene rings is 1. The quantitative estimate of drug-likeness (QED) is 0.873. The Morgan fingerprint density at radius 3 is 2.65 bits per heavy atom. The van der Waals surface area contributed by atoms with E-state index in [0.717, 1.165) is 31.5 Å². The molecule has 2 unspecified atom stereocenters. The van der Waals surface area contributed by atoms with Crippen LogP contribution in [0.2, 0.25) is 0 Å². The van der Waals surface area contributed by atoms with Crippen molar-refractivity contribution in [2.24, 2.45) is 5.92 Å². The molecule has 20 heavy (non-hydrogen) atoms. The van der Waals surface area contributed by atoms with Crippen LogP contribution in [0.1, 0.15) is 36.9 Å². The molecule has 1 aliphatic heterocycles. The van der Waals surface area contributed by atoms with Crippen LogP contribution in [0.5, 0.6) is 0 Å². The van der Waals surface area contributed by atoms with E-state index < -0.39 is 10.0 Å². The Morgan fingerprint density at radius 1 is 1.35 bits per heavy atom. The standard InChI is InChI=1S/C15H24N2O2S/c1-12-5-7-15(8-6-12)13(2)17-20(18,19)11-14-4-3-9-16-10-14/h5-8,13-14,16-17H,3-4,9-11H2,1-2H3. The van der Waals surface area contributed by atoms with Crippen molar-refractivity contribution in [1.82, 2.24) is 10.0 Å². The van der Waals surface area contributed by atoms with Gasteiger partial charge in [-0.2, -0.15) is 0 Å². The van der Waals surface area contributed by atoms with E-state index in [2.05, 4.69) is 10.0 Å². The van der Waals surface area contributed by atoms with E-state index in [-0.39, 0.29) is 17.7 Å². The molecule has 1 aromatic carbocycles. The maximum Gasteiger partial charge on any atom is 0.212 e. The van der Waals surface area contributed by atoms with Crippen LogP contribution < -0.4 is 10.0 Å². The highest BCUT2D eigenvalue weighted by molar-refractivity contribution is 7.89. The Labute approximate surface area is 122 Å². The van der Waals surface area contributed by atoms with Gasteiger partial charge in [0.1, 0.15) is 0 Å². The average molecular weight is 296 g/mol. The van der Waals surface area contributed by atoms with Gasteiger partial charge in [-0.15, -0.1) is 0 Å². The molecule has 0 aliphatic carbocycles. The lowest BCUT2D eigenvalue weighted by atomic mass is 10.0. The molecule has 1 saturated heterocycles. The van der Waals surface area contributed by atoms with Gasteiger partial charge >= 0.3 is 0 Å². The van der Waals surface area contributed by atoms with Gasteiger partial charge in [-0.05, 0) is 51.3 Å². The van der Waals surface area contributed by atoms with Crippen LogP contribution in [0.25, 0.3) is 0 Å². The molecule has 1 aliphatic rings. The third-order valence-electron chi connectivity index (χ3n) is 3.79. The number of rotatable bonds is 5. The molecule has 0 spiro atoms. The van der Waals surface area contributed by atoms with Crippen molar-refractivity contribution < 1.29 is 8.42 Å². The van der Waals surface area contributed by atoms with Gasteiger partial charge in [-0.3, -0.25) is 0 Å². The Morgan fingerprint density at radius 2 is 2.05 bits per heavy atom. The smallest absolute Gasteiger partial charge is 0.212 e. The van der Waals surface area contributed by atoms with Crippen LogP contribution in [-0.4, -0.2) is 27.3 Å². The van der Waals surface area contributed by atoms with E-state index in [4.69, 9.17) is 0 Å². The van der Waals surface area contributed by atoms with Crippen LogP contribution in [0, 0.1) is 12.8 Å². The fraction of sp³-hybridized carbons (Fsp3) is 0.600. The van der Waals surface area contributed by atoms with E-state index in [1.165, 1.54) is 5.56 Å². The van der Waals surface area contributed by atoms with Gasteiger partial charge < -0.3 is 5.32 Å². The predicted octanol–water partition coefficient (Wildman–Crippen LogP) is 1.98. The van der Waals surface area contributed by atoms with Gasteiger partial charge in [-0.25, -0.2) is 13.1 Å². The zero-order valence-electron chi connectivity index (χ0n) is 12.2. The van der Waals surface area contributed by atoms with Gasteiger partial charge in [-0.1, -0.05) is 29.8 Å². The average Bonchev–Trinajstić information content (AvgIpc) is 2.39. The minimum Gasteiger partial charge on any atom is -0.316 e. The highest BCUT2D eigenvalue weighted by atomic mass is 32.2. The summed E-state index contributed by atoms with van der Waals surface area (Å²) in [5, 5.41) is 3.26. The third kappa shape index (κ3) is 4.58. The number of nitrogens with one attached hydrogen (secondary N) is 2. The van der Waals surface area contributed by atoms with Gasteiger partial charge in [0.05, 0.1) is 5.75 Å². The minimum absolute atomic E-state index is 0.183. The van der Waals surface area contributed by atoms with Crippen LogP contribution in [0.4, 0.5) is 0 Å². The molecular weight excluding hydrogens is 272 g/mol. The molecule has 0 saturated carbocycles. The Hall–Kier alpha value is -0.910. The summed E-state index contributed by atoms with van der Waals surface area (Å²) in [6, 6.07) is 7.78. The molecule has 1 aromatic rings. The molecule has 0 radical (unpaired) electrons. The fourth-order valence-electron chi connectivity index (χ4n) is 2.62. The molecule has 0 aromatic heterocycles. The Bertz CT molecular complexity index is 519. The number of hydrogen-bond donors (Lipinski definition) is 2. The van der Waals surface area contributed by atoms with Gasteiger partial charge in [0.25, 0.3) is 0 Å². The first-order valence-corrected chi connectivity index (χ1v) is 8.89. The lowest BCUT2D eigenvalue weighted by molar-refractivity contribution is 0.402. The minimum atomic E-state index is -3.23. The van der Waals surface area contributed by atoms with Crippen LogP contribution in [0.3, 0.4) is 0 Å². The summed E-state index contributed by atoms with van der Waals surface area (Å²) in [5.74, 6) is 0.447. The molecule has 112 valence electrons. The fourth-order valence-corrected chi connectivity index (χ4v) is 4.29. The first-order valence-electron chi connectivity index (χ1n) is 7.23. The number of hydrogen-bond acceptors (Lipinski definition) is 3. The maximum atomic E-state index is 12.2. The number of sulfonamides is 1. The summed E-state index contributed by atoms with van der Waals surface area (Å²) in [5.41, 5.74) is 2.18. The molecule has 1 fully saturated rings. The molecule has 4 nitrogen and oxygen atoms in total. The SMILES string of the molecule is Cc1ccc(C(C)NS(=O)(=O)CC2CCCNC2)cc1. The van der Waals surface area contributed by atoms with Crippen molar-refractivity contribution >= 4 is 10.0 Å². The summed E-state index contributed by atoms with van der Waals surface area (Å²) < 4.78 is 27.2. The second-order valence-corrected chi connectivity index (χ2v) is 7.54. The lowest BCUT2D eigenvalue weighted by Gasteiger charge is -2.23. The monoisotopic (exact) mass is 296 g/mol. The summed E-state index contributed by atoms with van der Waals surface area (Å²) in [6.45, 7) is 5.72. The van der Waals surface area contributed by atoms with E-state index in [1.54, 1.807) is 0 Å². The molecule has 5 heteroatoms. The Kier molecular flexibility index (Phi) is 5.18. The van der Waals surface area contributed by atoms with Crippen LogP contribution >= 0.6 is 0 Å². The van der Waals surface area contributed by atoms with Crippen molar-refractivity contribution in [2.75, 3.05) is 18.8 Å². The largest absolute Gasteiger partial charge is 0.316 e. The molecule has 2 N–H and O–H groups in total. The topological polar surface area (TPSA) is 58.2 Å². The lowest BCUT2D eigenvalue weighted by Crippen LogP contribution is -2.38. The second-order valence-electron chi connectivity index (χ2n) is 5.74. The van der Waals surface area contributed by atoms with E-state index >= 15 is 0 Å². The van der Waals surface area contributed by atoms with E-state index in [0.29, 0.717) is 0 Å². The van der Waals surface area contributed by atoms with E-state index in [1.807, 2.05) is 38.1 Å². The van der Waals surface area contributed by atoms with Gasteiger partial charge in [0.15, 0.2) is 0 Å². The zero-order chi connectivity index (χ0) is 14.6. The first kappa shape index (κ1) is 15.5. The van der Waals surface area contributed by atoms with Crippen LogP contribution in [-0.2, 0) is 10.0 Å². The highest BCUT2D eigenvalue weighted by Crippen LogP contribution is 2.17. The van der Waals surface area contributed by atoms with E-state index in [9.17, 15) is 8.42 Å². The third-order valence-corrected chi connectivity index (χ3v) is 5.41. The van der Waals surface area contributed by atoms with Crippen LogP contribution in [0.15, 0.2) is 24.3 Å². The molecule has 2 rings (SSSR count). The second kappa shape index (κ2) is 6.70. The Balaban J connectivity index is 1.94. The van der Waals surface area contributed by atoms with Crippen molar-refractivity contribution in [3.63, 3.8) is 0 Å². The van der Waals surface area contributed by atoms with Gasteiger partial charge in [0.2, 0.25) is 10.0 Å². The maximum absolute atomic E-state index is 12.2. The normalized spacial score (nSPS) is 21.6. The van der Waals surface area contributed by atoms with Crippen molar-refractivity contribution in [3.8, 4) is 0 Å². The molecule has 0 amide bonds. The molecule has 2 atom stereocenters. The summed E-state index contributed by atoms with van der Waals surface area (Å²) in [7, 11) is -3.23. The predicted molar refractivity (Wildman–Crippen MR) is 82.1 cm³/mol.